The van der Waals surface area contributed by atoms with Gasteiger partial charge in [-0.3, -0.25) is 9.59 Å². The van der Waals surface area contributed by atoms with Gasteiger partial charge in [-0.1, -0.05) is 12.1 Å². The van der Waals surface area contributed by atoms with Gasteiger partial charge in [0.25, 0.3) is 0 Å². The smallest absolute Gasteiger partial charge is 0.226 e. The summed E-state index contributed by atoms with van der Waals surface area (Å²) in [5.74, 6) is 0.530. The monoisotopic (exact) mass is 340 g/mol. The Morgan fingerprint density at radius 3 is 2.44 bits per heavy atom. The Morgan fingerprint density at radius 2 is 1.84 bits per heavy atom. The van der Waals surface area contributed by atoms with E-state index >= 15 is 0 Å². The summed E-state index contributed by atoms with van der Waals surface area (Å²) in [4.78, 5) is 25.7. The molecule has 0 aliphatic heterocycles. The van der Waals surface area contributed by atoms with Crippen LogP contribution in [0.1, 0.15) is 25.8 Å². The third-order valence-corrected chi connectivity index (χ3v) is 3.70. The van der Waals surface area contributed by atoms with Crippen molar-refractivity contribution in [3.8, 4) is 5.75 Å². The topological polar surface area (TPSA) is 58.6 Å². The summed E-state index contributed by atoms with van der Waals surface area (Å²) < 4.78 is 5.41. The maximum atomic E-state index is 12.2. The molecule has 0 saturated heterocycles. The lowest BCUT2D eigenvalue weighted by Gasteiger charge is -2.21. The van der Waals surface area contributed by atoms with Crippen LogP contribution in [0, 0.1) is 6.92 Å². The van der Waals surface area contributed by atoms with E-state index in [1.54, 1.807) is 4.90 Å². The van der Waals surface area contributed by atoms with Gasteiger partial charge < -0.3 is 15.0 Å². The van der Waals surface area contributed by atoms with Gasteiger partial charge in [-0.05, 0) is 55.8 Å². The van der Waals surface area contributed by atoms with Crippen LogP contribution in [0.3, 0.4) is 0 Å². The Kier molecular flexibility index (Phi) is 6.57. The first-order valence-electron chi connectivity index (χ1n) is 8.37. The molecule has 1 N–H and O–H groups in total. The normalized spacial score (nSPS) is 10.2. The van der Waals surface area contributed by atoms with Crippen LogP contribution in [0.4, 0.5) is 11.4 Å². The lowest BCUT2D eigenvalue weighted by Crippen LogP contribution is -2.31. The molecule has 0 radical (unpaired) electrons. The molecule has 0 atom stereocenters. The minimum Gasteiger partial charge on any atom is -0.494 e. The van der Waals surface area contributed by atoms with E-state index in [4.69, 9.17) is 4.74 Å². The summed E-state index contributed by atoms with van der Waals surface area (Å²) in [7, 11) is 0. The van der Waals surface area contributed by atoms with E-state index in [2.05, 4.69) is 5.32 Å². The van der Waals surface area contributed by atoms with E-state index in [-0.39, 0.29) is 18.2 Å². The molecule has 0 aliphatic rings. The Balaban J connectivity index is 1.97. The van der Waals surface area contributed by atoms with Crippen molar-refractivity contribution in [3.63, 3.8) is 0 Å². The summed E-state index contributed by atoms with van der Waals surface area (Å²) in [6, 6.07) is 14.9. The van der Waals surface area contributed by atoms with Gasteiger partial charge in [-0.25, -0.2) is 0 Å². The summed E-state index contributed by atoms with van der Waals surface area (Å²) >= 11 is 0. The van der Waals surface area contributed by atoms with Crippen molar-refractivity contribution in [2.75, 3.05) is 23.4 Å². The van der Waals surface area contributed by atoms with Crippen LogP contribution < -0.4 is 15.0 Å². The zero-order valence-electron chi connectivity index (χ0n) is 14.9. The average molecular weight is 340 g/mol. The molecule has 0 aliphatic carbocycles. The Labute approximate surface area is 148 Å². The van der Waals surface area contributed by atoms with E-state index in [1.807, 2.05) is 62.4 Å². The van der Waals surface area contributed by atoms with Crippen molar-refractivity contribution in [3.05, 3.63) is 54.1 Å². The minimum atomic E-state index is -0.122. The van der Waals surface area contributed by atoms with E-state index in [9.17, 15) is 9.59 Å². The molecule has 0 bridgehead atoms. The zero-order chi connectivity index (χ0) is 18.2. The maximum absolute atomic E-state index is 12.2. The fourth-order valence-electron chi connectivity index (χ4n) is 2.52. The number of anilines is 2. The van der Waals surface area contributed by atoms with Gasteiger partial charge in [-0.2, -0.15) is 0 Å². The van der Waals surface area contributed by atoms with Crippen molar-refractivity contribution in [2.45, 2.75) is 27.2 Å². The number of nitrogens with one attached hydrogen (secondary N) is 1. The number of hydrogen-bond acceptors (Lipinski definition) is 3. The Morgan fingerprint density at radius 1 is 1.12 bits per heavy atom. The number of ether oxygens (including phenoxy) is 1. The molecule has 0 unspecified atom stereocenters. The number of carbonyl (C=O) groups is 2. The first-order chi connectivity index (χ1) is 12.0. The lowest BCUT2D eigenvalue weighted by molar-refractivity contribution is -0.117. The highest BCUT2D eigenvalue weighted by Gasteiger charge is 2.14. The molecule has 0 aromatic heterocycles. The fraction of sp³-hybridized carbons (Fsp3) is 0.300. The molecular formula is C20H24N2O3. The van der Waals surface area contributed by atoms with Gasteiger partial charge >= 0.3 is 0 Å². The van der Waals surface area contributed by atoms with E-state index in [1.165, 1.54) is 6.92 Å². The van der Waals surface area contributed by atoms with Crippen molar-refractivity contribution in [2.24, 2.45) is 0 Å². The van der Waals surface area contributed by atoms with Gasteiger partial charge in [0.05, 0.1) is 6.61 Å². The van der Waals surface area contributed by atoms with E-state index in [0.29, 0.717) is 13.2 Å². The number of amides is 2. The fourth-order valence-corrected chi connectivity index (χ4v) is 2.52. The van der Waals surface area contributed by atoms with Gasteiger partial charge in [0.1, 0.15) is 5.75 Å². The molecule has 0 heterocycles. The van der Waals surface area contributed by atoms with Gasteiger partial charge in [0.15, 0.2) is 0 Å². The summed E-state index contributed by atoms with van der Waals surface area (Å²) in [5.41, 5.74) is 2.59. The van der Waals surface area contributed by atoms with E-state index < -0.39 is 0 Å². The largest absolute Gasteiger partial charge is 0.494 e. The number of aryl methyl sites for hydroxylation is 1. The number of rotatable bonds is 7. The molecule has 5 heteroatoms. The van der Waals surface area contributed by atoms with Gasteiger partial charge in [0, 0.05) is 31.3 Å². The van der Waals surface area contributed by atoms with Crippen LogP contribution in [0.2, 0.25) is 0 Å². The molecule has 0 spiro atoms. The van der Waals surface area contributed by atoms with Gasteiger partial charge in [-0.15, -0.1) is 0 Å². The zero-order valence-corrected chi connectivity index (χ0v) is 14.9. The van der Waals surface area contributed by atoms with E-state index in [0.717, 1.165) is 22.7 Å². The summed E-state index contributed by atoms with van der Waals surface area (Å²) in [6.07, 6.45) is 0.223. The van der Waals surface area contributed by atoms with Crippen molar-refractivity contribution in [1.29, 1.82) is 0 Å². The molecule has 2 rings (SSSR count). The second kappa shape index (κ2) is 8.87. The Bertz CT molecular complexity index is 726. The predicted molar refractivity (Wildman–Crippen MR) is 100 cm³/mol. The van der Waals surface area contributed by atoms with Crippen LogP contribution in [-0.2, 0) is 9.59 Å². The molecule has 2 amide bonds. The van der Waals surface area contributed by atoms with Crippen molar-refractivity contribution >= 4 is 23.2 Å². The molecule has 132 valence electrons. The van der Waals surface area contributed by atoms with Crippen LogP contribution in [-0.4, -0.2) is 25.0 Å². The van der Waals surface area contributed by atoms with Crippen molar-refractivity contribution in [1.82, 2.24) is 0 Å². The van der Waals surface area contributed by atoms with Crippen LogP contribution in [0.15, 0.2) is 48.5 Å². The molecular weight excluding hydrogens is 316 g/mol. The second-order valence-electron chi connectivity index (χ2n) is 5.77. The highest BCUT2D eigenvalue weighted by molar-refractivity contribution is 5.94. The molecule has 0 fully saturated rings. The average Bonchev–Trinajstić information content (AvgIpc) is 2.56. The quantitative estimate of drug-likeness (QED) is 0.834. The molecule has 5 nitrogen and oxygen atoms in total. The highest BCUT2D eigenvalue weighted by atomic mass is 16.5. The molecule has 2 aromatic carbocycles. The van der Waals surface area contributed by atoms with Crippen molar-refractivity contribution < 1.29 is 14.3 Å². The molecule has 0 saturated carbocycles. The van der Waals surface area contributed by atoms with Crippen LogP contribution in [0.25, 0.3) is 0 Å². The third kappa shape index (κ3) is 5.64. The first kappa shape index (κ1) is 18.5. The molecule has 2 aromatic rings. The van der Waals surface area contributed by atoms with Crippen LogP contribution in [0.5, 0.6) is 5.75 Å². The van der Waals surface area contributed by atoms with Crippen LogP contribution >= 0.6 is 0 Å². The standard InChI is InChI=1S/C20H24N2O3/c1-4-25-19-10-8-18(9-11-19)22(16(3)23)13-12-20(24)21-17-7-5-6-15(2)14-17/h5-11,14H,4,12-13H2,1-3H3,(H,21,24). The SMILES string of the molecule is CCOc1ccc(N(CCC(=O)Nc2cccc(C)c2)C(C)=O)cc1. The maximum Gasteiger partial charge on any atom is 0.226 e. The number of hydrogen-bond donors (Lipinski definition) is 1. The number of nitrogens with zero attached hydrogens (tertiary/aromatic N) is 1. The Hall–Kier alpha value is -2.82. The minimum absolute atomic E-state index is 0.104. The predicted octanol–water partition coefficient (Wildman–Crippen LogP) is 3.78. The number of benzene rings is 2. The summed E-state index contributed by atoms with van der Waals surface area (Å²) in [6.45, 7) is 6.30. The number of carbonyl (C=O) groups excluding carboxylic acids is 2. The summed E-state index contributed by atoms with van der Waals surface area (Å²) in [5, 5.41) is 2.86. The second-order valence-corrected chi connectivity index (χ2v) is 5.77. The first-order valence-corrected chi connectivity index (χ1v) is 8.37. The van der Waals surface area contributed by atoms with Gasteiger partial charge in [0.2, 0.25) is 11.8 Å². The molecule has 25 heavy (non-hydrogen) atoms. The third-order valence-electron chi connectivity index (χ3n) is 3.70. The highest BCUT2D eigenvalue weighted by Crippen LogP contribution is 2.20. The lowest BCUT2D eigenvalue weighted by atomic mass is 10.2.